The van der Waals surface area contributed by atoms with E-state index in [-0.39, 0.29) is 36.4 Å². The van der Waals surface area contributed by atoms with E-state index in [4.69, 9.17) is 9.52 Å². The van der Waals surface area contributed by atoms with Crippen LogP contribution in [0.2, 0.25) is 0 Å². The summed E-state index contributed by atoms with van der Waals surface area (Å²) in [5.74, 6) is -1.53. The topological polar surface area (TPSA) is 62.5 Å². The van der Waals surface area contributed by atoms with Gasteiger partial charge in [0.15, 0.2) is 0 Å². The number of para-hydroxylation sites is 1. The number of fused-ring (bicyclic) bond motifs is 1. The van der Waals surface area contributed by atoms with Crippen molar-refractivity contribution in [1.29, 1.82) is 0 Å². The minimum absolute atomic E-state index is 0.114. The van der Waals surface area contributed by atoms with Crippen molar-refractivity contribution in [3.05, 3.63) is 35.6 Å². The largest absolute Gasteiger partial charge is 0.475 e. The summed E-state index contributed by atoms with van der Waals surface area (Å²) in [5, 5.41) is 12.5. The van der Waals surface area contributed by atoms with Crippen LogP contribution in [-0.2, 0) is 6.54 Å². The van der Waals surface area contributed by atoms with E-state index in [1.54, 1.807) is 24.3 Å². The lowest BCUT2D eigenvalue weighted by Crippen LogP contribution is -2.19. The molecule has 2 rings (SSSR count). The summed E-state index contributed by atoms with van der Waals surface area (Å²) in [6, 6.07) is 6.82. The number of carbonyl (C=O) groups is 1. The first-order valence-electron chi connectivity index (χ1n) is 6.03. The van der Waals surface area contributed by atoms with Gasteiger partial charge in [-0.2, -0.15) is 13.2 Å². The molecule has 0 saturated carbocycles. The highest BCUT2D eigenvalue weighted by molar-refractivity contribution is 8.00. The molecule has 0 amide bonds. The molecule has 0 spiro atoms. The third-order valence-corrected chi connectivity index (χ3v) is 3.47. The van der Waals surface area contributed by atoms with Gasteiger partial charge in [0.25, 0.3) is 0 Å². The summed E-state index contributed by atoms with van der Waals surface area (Å²) >= 11 is -0.117. The minimum atomic E-state index is -4.25. The maximum absolute atomic E-state index is 12.0. The Morgan fingerprint density at radius 3 is 2.71 bits per heavy atom. The molecule has 0 atom stereocenters. The summed E-state index contributed by atoms with van der Waals surface area (Å²) in [7, 11) is 0. The first kappa shape index (κ1) is 15.7. The predicted molar refractivity (Wildman–Crippen MR) is 73.4 cm³/mol. The molecule has 1 aromatic heterocycles. The van der Waals surface area contributed by atoms with Crippen molar-refractivity contribution in [1.82, 2.24) is 5.32 Å². The Balaban J connectivity index is 2.04. The summed E-state index contributed by atoms with van der Waals surface area (Å²) in [4.78, 5) is 11.1. The van der Waals surface area contributed by atoms with Gasteiger partial charge < -0.3 is 14.8 Å². The molecule has 0 saturated heterocycles. The Labute approximate surface area is 122 Å². The number of carboxylic acids is 1. The molecule has 0 aliphatic carbocycles. The van der Waals surface area contributed by atoms with Gasteiger partial charge in [0.05, 0.1) is 0 Å². The van der Waals surface area contributed by atoms with E-state index in [9.17, 15) is 18.0 Å². The zero-order valence-electron chi connectivity index (χ0n) is 10.7. The maximum Gasteiger partial charge on any atom is 0.441 e. The van der Waals surface area contributed by atoms with Crippen molar-refractivity contribution in [3.63, 3.8) is 0 Å². The van der Waals surface area contributed by atoms with E-state index in [0.29, 0.717) is 16.5 Å². The Bertz CT molecular complexity index is 639. The van der Waals surface area contributed by atoms with Crippen LogP contribution in [0.1, 0.15) is 16.1 Å². The average Bonchev–Trinajstić information content (AvgIpc) is 2.76. The van der Waals surface area contributed by atoms with Crippen LogP contribution >= 0.6 is 11.8 Å². The second-order valence-electron chi connectivity index (χ2n) is 4.18. The van der Waals surface area contributed by atoms with Gasteiger partial charge in [-0.3, -0.25) is 0 Å². The van der Waals surface area contributed by atoms with Gasteiger partial charge in [-0.1, -0.05) is 18.2 Å². The van der Waals surface area contributed by atoms with Crippen LogP contribution in [0.15, 0.2) is 28.7 Å². The molecule has 2 aromatic rings. The molecular weight excluding hydrogens is 307 g/mol. The van der Waals surface area contributed by atoms with Gasteiger partial charge in [-0.15, -0.1) is 0 Å². The van der Waals surface area contributed by atoms with Crippen molar-refractivity contribution in [2.45, 2.75) is 12.1 Å². The molecule has 0 bridgehead atoms. The fourth-order valence-corrected chi connectivity index (χ4v) is 2.38. The van der Waals surface area contributed by atoms with Crippen molar-refractivity contribution in [3.8, 4) is 0 Å². The highest BCUT2D eigenvalue weighted by Gasteiger charge is 2.27. The van der Waals surface area contributed by atoms with Crippen molar-refractivity contribution in [2.75, 3.05) is 12.3 Å². The van der Waals surface area contributed by atoms with E-state index in [1.807, 2.05) is 0 Å². The standard InChI is InChI=1S/C13H12F3NO3S/c14-13(15,16)21-6-5-17-7-9-8-3-1-2-4-10(8)20-11(9)12(18)19/h1-4,17H,5-7H2,(H,18,19). The van der Waals surface area contributed by atoms with Crippen LogP contribution < -0.4 is 5.32 Å². The second-order valence-corrected chi connectivity index (χ2v) is 5.34. The molecule has 4 nitrogen and oxygen atoms in total. The number of alkyl halides is 3. The van der Waals surface area contributed by atoms with Crippen LogP contribution in [0.25, 0.3) is 11.0 Å². The molecule has 0 radical (unpaired) electrons. The van der Waals surface area contributed by atoms with Gasteiger partial charge in [-0.05, 0) is 17.8 Å². The quantitative estimate of drug-likeness (QED) is 0.798. The Kier molecular flexibility index (Phi) is 4.79. The molecule has 1 aromatic carbocycles. The second kappa shape index (κ2) is 6.40. The van der Waals surface area contributed by atoms with Gasteiger partial charge in [-0.25, -0.2) is 4.79 Å². The molecule has 0 unspecified atom stereocenters. The smallest absolute Gasteiger partial charge is 0.441 e. The van der Waals surface area contributed by atoms with Gasteiger partial charge in [0, 0.05) is 29.8 Å². The number of thioether (sulfide) groups is 1. The number of hydrogen-bond acceptors (Lipinski definition) is 4. The first-order chi connectivity index (χ1) is 9.88. The number of hydrogen-bond donors (Lipinski definition) is 2. The Morgan fingerprint density at radius 2 is 2.05 bits per heavy atom. The summed E-state index contributed by atoms with van der Waals surface area (Å²) in [6.07, 6.45) is 0. The van der Waals surface area contributed by atoms with Crippen molar-refractivity contribution in [2.24, 2.45) is 0 Å². The van der Waals surface area contributed by atoms with Gasteiger partial charge in [0.1, 0.15) is 5.58 Å². The van der Waals surface area contributed by atoms with Crippen LogP contribution in [-0.4, -0.2) is 28.9 Å². The Hall–Kier alpha value is -1.67. The number of halogens is 3. The monoisotopic (exact) mass is 319 g/mol. The van der Waals surface area contributed by atoms with Crippen LogP contribution in [0, 0.1) is 0 Å². The molecule has 0 aliphatic heterocycles. The number of nitrogens with one attached hydrogen (secondary N) is 1. The molecule has 0 fully saturated rings. The van der Waals surface area contributed by atoms with Gasteiger partial charge >= 0.3 is 11.5 Å². The van der Waals surface area contributed by atoms with Crippen LogP contribution in [0.5, 0.6) is 0 Å². The van der Waals surface area contributed by atoms with Crippen molar-refractivity contribution < 1.29 is 27.5 Å². The van der Waals surface area contributed by atoms with E-state index in [2.05, 4.69) is 5.32 Å². The van der Waals surface area contributed by atoms with E-state index in [1.165, 1.54) is 0 Å². The van der Waals surface area contributed by atoms with Gasteiger partial charge in [0.2, 0.25) is 5.76 Å². The lowest BCUT2D eigenvalue weighted by Gasteiger charge is -2.06. The molecule has 1 heterocycles. The highest BCUT2D eigenvalue weighted by Crippen LogP contribution is 2.29. The minimum Gasteiger partial charge on any atom is -0.475 e. The van der Waals surface area contributed by atoms with Crippen LogP contribution in [0.3, 0.4) is 0 Å². The van der Waals surface area contributed by atoms with Crippen molar-refractivity contribution >= 4 is 28.7 Å². The number of aromatic carboxylic acids is 1. The third-order valence-electron chi connectivity index (χ3n) is 2.74. The third kappa shape index (κ3) is 4.15. The summed E-state index contributed by atoms with van der Waals surface area (Å²) < 4.78 is 41.2. The number of rotatable bonds is 6. The summed E-state index contributed by atoms with van der Waals surface area (Å²) in [5.41, 5.74) is -3.37. The molecule has 114 valence electrons. The fraction of sp³-hybridized carbons (Fsp3) is 0.308. The first-order valence-corrected chi connectivity index (χ1v) is 7.02. The van der Waals surface area contributed by atoms with E-state index < -0.39 is 11.5 Å². The normalized spacial score (nSPS) is 12.0. The molecular formula is C13H12F3NO3S. The fourth-order valence-electron chi connectivity index (χ4n) is 1.90. The predicted octanol–water partition coefficient (Wildman–Crippen LogP) is 3.47. The number of benzene rings is 1. The molecule has 0 aliphatic rings. The number of furan rings is 1. The highest BCUT2D eigenvalue weighted by atomic mass is 32.2. The maximum atomic E-state index is 12.0. The van der Waals surface area contributed by atoms with E-state index >= 15 is 0 Å². The Morgan fingerprint density at radius 1 is 1.33 bits per heavy atom. The lowest BCUT2D eigenvalue weighted by molar-refractivity contribution is -0.0327. The zero-order chi connectivity index (χ0) is 15.5. The summed E-state index contributed by atoms with van der Waals surface area (Å²) in [6.45, 7) is 0.250. The molecule has 8 heteroatoms. The molecule has 2 N–H and O–H groups in total. The van der Waals surface area contributed by atoms with E-state index in [0.717, 1.165) is 0 Å². The number of carboxylic acid groups (broad SMARTS) is 1. The average molecular weight is 319 g/mol. The lowest BCUT2D eigenvalue weighted by atomic mass is 10.1. The zero-order valence-corrected chi connectivity index (χ0v) is 11.6. The molecule has 21 heavy (non-hydrogen) atoms. The SMILES string of the molecule is O=C(O)c1oc2ccccc2c1CNCCSC(F)(F)F. The van der Waals surface area contributed by atoms with Crippen LogP contribution in [0.4, 0.5) is 13.2 Å².